The highest BCUT2D eigenvalue weighted by molar-refractivity contribution is 5.83. The van der Waals surface area contributed by atoms with E-state index < -0.39 is 0 Å². The minimum Gasteiger partial charge on any atom is -0.389 e. The van der Waals surface area contributed by atoms with Gasteiger partial charge in [0.2, 0.25) is 0 Å². The quantitative estimate of drug-likeness (QED) is 0.756. The van der Waals surface area contributed by atoms with Gasteiger partial charge in [-0.2, -0.15) is 0 Å². The Balaban J connectivity index is 1.61. The summed E-state index contributed by atoms with van der Waals surface area (Å²) in [7, 11) is 0. The maximum atomic E-state index is 12.4. The Morgan fingerprint density at radius 2 is 1.68 bits per heavy atom. The Morgan fingerprint density at radius 3 is 2.40 bits per heavy atom. The van der Waals surface area contributed by atoms with E-state index in [0.717, 1.165) is 41.9 Å². The molecule has 4 aliphatic carbocycles. The second-order valence-electron chi connectivity index (χ2n) is 10.9. The molecule has 4 saturated carbocycles. The third-order valence-electron chi connectivity index (χ3n) is 10.00. The van der Waals surface area contributed by atoms with E-state index in [1.807, 2.05) is 0 Å². The minimum absolute atomic E-state index is 0.114. The van der Waals surface area contributed by atoms with Crippen LogP contribution in [0.5, 0.6) is 0 Å². The van der Waals surface area contributed by atoms with Crippen LogP contribution in [-0.2, 0) is 4.79 Å². The van der Waals surface area contributed by atoms with Crippen LogP contribution >= 0.6 is 0 Å². The van der Waals surface area contributed by atoms with Crippen LogP contribution in [-0.4, -0.2) is 17.5 Å². The van der Waals surface area contributed by atoms with Gasteiger partial charge in [0.05, 0.1) is 0 Å². The number of aliphatic hydroxyl groups is 1. The molecule has 1 N–H and O–H groups in total. The molecule has 0 saturated heterocycles. The normalized spacial score (nSPS) is 55.2. The second-order valence-corrected chi connectivity index (χ2v) is 10.9. The lowest BCUT2D eigenvalue weighted by Gasteiger charge is -2.62. The van der Waals surface area contributed by atoms with Crippen LogP contribution < -0.4 is 0 Å². The van der Waals surface area contributed by atoms with E-state index in [1.54, 1.807) is 0 Å². The molecule has 0 unspecified atom stereocenters. The lowest BCUT2D eigenvalue weighted by Crippen LogP contribution is -2.54. The van der Waals surface area contributed by atoms with Crippen LogP contribution in [0.4, 0.5) is 0 Å². The molecule has 4 fully saturated rings. The van der Waals surface area contributed by atoms with Gasteiger partial charge in [-0.15, -0.1) is 0 Å². The third kappa shape index (κ3) is 2.49. The first kappa shape index (κ1) is 18.0. The highest BCUT2D eigenvalue weighted by Crippen LogP contribution is 2.68. The van der Waals surface area contributed by atoms with E-state index in [-0.39, 0.29) is 23.7 Å². The van der Waals surface area contributed by atoms with Gasteiger partial charge in [-0.1, -0.05) is 27.7 Å². The average molecular weight is 347 g/mol. The molecule has 4 rings (SSSR count). The van der Waals surface area contributed by atoms with Crippen molar-refractivity contribution in [2.45, 2.75) is 79.1 Å². The van der Waals surface area contributed by atoms with Gasteiger partial charge >= 0.3 is 0 Å². The zero-order valence-electron chi connectivity index (χ0n) is 16.8. The first-order valence-corrected chi connectivity index (χ1v) is 10.9. The van der Waals surface area contributed by atoms with E-state index in [9.17, 15) is 9.90 Å². The Morgan fingerprint density at radius 1 is 0.960 bits per heavy atom. The highest BCUT2D eigenvalue weighted by Gasteiger charge is 2.61. The highest BCUT2D eigenvalue weighted by atomic mass is 16.3. The monoisotopic (exact) mass is 346 g/mol. The molecule has 0 amide bonds. The van der Waals surface area contributed by atoms with Crippen LogP contribution in [0.15, 0.2) is 0 Å². The molecule has 2 nitrogen and oxygen atoms in total. The van der Waals surface area contributed by atoms with Crippen molar-refractivity contribution in [3.8, 4) is 0 Å². The lowest BCUT2D eigenvalue weighted by atomic mass is 9.43. The molecular weight excluding hydrogens is 308 g/mol. The Bertz CT molecular complexity index is 542. The molecule has 0 bridgehead atoms. The fourth-order valence-corrected chi connectivity index (χ4v) is 8.46. The maximum Gasteiger partial charge on any atom is 0.161 e. The van der Waals surface area contributed by atoms with Crippen molar-refractivity contribution >= 4 is 5.78 Å². The van der Waals surface area contributed by atoms with Crippen molar-refractivity contribution in [1.29, 1.82) is 0 Å². The smallest absolute Gasteiger partial charge is 0.161 e. The molecule has 142 valence electrons. The average Bonchev–Trinajstić information content (AvgIpc) is 2.93. The van der Waals surface area contributed by atoms with Crippen molar-refractivity contribution in [2.75, 3.05) is 6.61 Å². The summed E-state index contributed by atoms with van der Waals surface area (Å²) in [5, 5.41) is 9.43. The summed E-state index contributed by atoms with van der Waals surface area (Å²) in [6.07, 6.45) is 10.4. The zero-order chi connectivity index (χ0) is 18.0. The maximum absolute atomic E-state index is 12.4. The molecule has 0 aromatic rings. The Labute approximate surface area is 154 Å². The standard InChI is InChI=1S/C23H38O2/c1-14-11-16-5-6-17-18-7-8-20(21(25)13-24)22(18,3)10-9-19(17)23(16,4)12-15(14)2/h14-20,24H,5-13H2,1-4H3/t14-,15-,16-,17-,18-,19-,20+,22-,23-/m0/s1. The van der Waals surface area contributed by atoms with Gasteiger partial charge in [0, 0.05) is 5.92 Å². The number of Topliss-reactive ketones (excluding diaryl/α,β-unsaturated/α-hetero) is 1. The first-order valence-electron chi connectivity index (χ1n) is 10.9. The van der Waals surface area contributed by atoms with Crippen LogP contribution in [0.3, 0.4) is 0 Å². The molecule has 0 heterocycles. The summed E-state index contributed by atoms with van der Waals surface area (Å²) in [5.74, 6) is 5.35. The summed E-state index contributed by atoms with van der Waals surface area (Å²) in [6, 6.07) is 0. The molecule has 9 atom stereocenters. The molecule has 0 aromatic carbocycles. The molecule has 0 spiro atoms. The topological polar surface area (TPSA) is 37.3 Å². The van der Waals surface area contributed by atoms with Gasteiger partial charge in [0.1, 0.15) is 6.61 Å². The van der Waals surface area contributed by atoms with E-state index in [2.05, 4.69) is 27.7 Å². The van der Waals surface area contributed by atoms with Crippen molar-refractivity contribution in [3.05, 3.63) is 0 Å². The summed E-state index contributed by atoms with van der Waals surface area (Å²) < 4.78 is 0. The van der Waals surface area contributed by atoms with Gasteiger partial charge in [0.15, 0.2) is 5.78 Å². The first-order chi connectivity index (χ1) is 11.8. The van der Waals surface area contributed by atoms with Crippen LogP contribution in [0, 0.1) is 52.3 Å². The van der Waals surface area contributed by atoms with Gasteiger partial charge in [-0.3, -0.25) is 4.79 Å². The molecular formula is C23H38O2. The third-order valence-corrected chi connectivity index (χ3v) is 10.00. The number of hydrogen-bond donors (Lipinski definition) is 1. The molecule has 0 aromatic heterocycles. The van der Waals surface area contributed by atoms with E-state index in [4.69, 9.17) is 0 Å². The zero-order valence-corrected chi connectivity index (χ0v) is 16.8. The lowest BCUT2D eigenvalue weighted by molar-refractivity contribution is -0.141. The van der Waals surface area contributed by atoms with Crippen LogP contribution in [0.2, 0.25) is 0 Å². The Hall–Kier alpha value is -0.370. The predicted octanol–water partition coefficient (Wildman–Crippen LogP) is 5.09. The van der Waals surface area contributed by atoms with Gasteiger partial charge < -0.3 is 5.11 Å². The number of rotatable bonds is 2. The number of carbonyl (C=O) groups excluding carboxylic acids is 1. The van der Waals surface area contributed by atoms with E-state index in [1.165, 1.54) is 44.9 Å². The summed E-state index contributed by atoms with van der Waals surface area (Å²) in [5.41, 5.74) is 0.701. The molecule has 4 aliphatic rings. The van der Waals surface area contributed by atoms with Gasteiger partial charge in [-0.05, 0) is 97.7 Å². The van der Waals surface area contributed by atoms with Crippen LogP contribution in [0.1, 0.15) is 79.1 Å². The van der Waals surface area contributed by atoms with Crippen molar-refractivity contribution in [3.63, 3.8) is 0 Å². The van der Waals surface area contributed by atoms with Crippen molar-refractivity contribution in [1.82, 2.24) is 0 Å². The van der Waals surface area contributed by atoms with Crippen molar-refractivity contribution < 1.29 is 9.90 Å². The van der Waals surface area contributed by atoms with Crippen LogP contribution in [0.25, 0.3) is 0 Å². The minimum atomic E-state index is -0.254. The summed E-state index contributed by atoms with van der Waals surface area (Å²) >= 11 is 0. The largest absolute Gasteiger partial charge is 0.389 e. The SMILES string of the molecule is C[C@H]1C[C@@H]2CC[C@@H]3[C@H](CC[C@]4(C)[C@@H](C(=O)CO)CC[C@@H]34)[C@@]2(C)C[C@@H]1C. The fourth-order valence-electron chi connectivity index (χ4n) is 8.46. The molecule has 25 heavy (non-hydrogen) atoms. The van der Waals surface area contributed by atoms with E-state index in [0.29, 0.717) is 5.41 Å². The molecule has 2 heteroatoms. The van der Waals surface area contributed by atoms with E-state index >= 15 is 0 Å². The number of hydrogen-bond acceptors (Lipinski definition) is 2. The number of carbonyl (C=O) groups is 1. The predicted molar refractivity (Wildman–Crippen MR) is 101 cm³/mol. The van der Waals surface area contributed by atoms with Gasteiger partial charge in [-0.25, -0.2) is 0 Å². The molecule has 0 radical (unpaired) electrons. The molecule has 0 aliphatic heterocycles. The number of ketones is 1. The summed E-state index contributed by atoms with van der Waals surface area (Å²) in [4.78, 5) is 12.4. The summed E-state index contributed by atoms with van der Waals surface area (Å²) in [6.45, 7) is 9.71. The number of aliphatic hydroxyl groups excluding tert-OH is 1. The fraction of sp³-hybridized carbons (Fsp3) is 0.957. The van der Waals surface area contributed by atoms with Gasteiger partial charge in [0.25, 0.3) is 0 Å². The van der Waals surface area contributed by atoms with Crippen molar-refractivity contribution in [2.24, 2.45) is 52.3 Å². The number of fused-ring (bicyclic) bond motifs is 5. The Kier molecular flexibility index (Phi) is 4.38. The second kappa shape index (κ2) is 6.08.